The van der Waals surface area contributed by atoms with Gasteiger partial charge in [-0.3, -0.25) is 14.9 Å². The van der Waals surface area contributed by atoms with E-state index in [1.807, 2.05) is 48.5 Å². The Morgan fingerprint density at radius 1 is 1.26 bits per heavy atom. The van der Waals surface area contributed by atoms with Crippen molar-refractivity contribution >= 4 is 23.5 Å². The average Bonchev–Trinajstić information content (AvgIpc) is 3.37. The minimum absolute atomic E-state index is 0.0692. The van der Waals surface area contributed by atoms with Crippen LogP contribution in [0.3, 0.4) is 0 Å². The van der Waals surface area contributed by atoms with Crippen molar-refractivity contribution in [2.24, 2.45) is 5.73 Å². The Hall–Kier alpha value is -2.37. The highest BCUT2D eigenvalue weighted by atomic mass is 35.5. The van der Waals surface area contributed by atoms with E-state index >= 15 is 0 Å². The van der Waals surface area contributed by atoms with Gasteiger partial charge < -0.3 is 10.5 Å². The van der Waals surface area contributed by atoms with Crippen LogP contribution in [0, 0.1) is 0 Å². The van der Waals surface area contributed by atoms with Gasteiger partial charge in [-0.1, -0.05) is 48.0 Å². The van der Waals surface area contributed by atoms with Crippen molar-refractivity contribution < 1.29 is 14.3 Å². The van der Waals surface area contributed by atoms with E-state index in [0.717, 1.165) is 16.7 Å². The normalized spacial score (nSPS) is 22.1. The third-order valence-corrected chi connectivity index (χ3v) is 5.22. The van der Waals surface area contributed by atoms with Gasteiger partial charge >= 0.3 is 5.97 Å². The third-order valence-electron chi connectivity index (χ3n) is 4.99. The number of nitrogens with two attached hydrogens (primary N) is 1. The maximum Gasteiger partial charge on any atom is 0.322 e. The van der Waals surface area contributed by atoms with Gasteiger partial charge in [-0.05, 0) is 49.1 Å². The van der Waals surface area contributed by atoms with E-state index in [0.29, 0.717) is 18.1 Å². The van der Waals surface area contributed by atoms with Crippen LogP contribution in [-0.2, 0) is 14.3 Å². The molecular weight excluding hydrogens is 364 g/mol. The number of halogens is 1. The molecule has 1 aliphatic rings. The molecule has 0 radical (unpaired) electrons. The second-order valence-corrected chi connectivity index (χ2v) is 7.28. The fraction of sp³-hybridized carbons (Fsp3) is 0.333. The summed E-state index contributed by atoms with van der Waals surface area (Å²) in [5, 5.41) is 3.77. The summed E-state index contributed by atoms with van der Waals surface area (Å²) >= 11 is 6.06. The number of amides is 1. The van der Waals surface area contributed by atoms with Crippen molar-refractivity contribution in [2.75, 3.05) is 6.61 Å². The molecule has 0 spiro atoms. The topological polar surface area (TPSA) is 81.4 Å². The number of benzene rings is 2. The van der Waals surface area contributed by atoms with Crippen molar-refractivity contribution in [1.29, 1.82) is 0 Å². The van der Waals surface area contributed by atoms with Gasteiger partial charge in [0.05, 0.1) is 6.61 Å². The summed E-state index contributed by atoms with van der Waals surface area (Å²) in [6.07, 6.45) is 0.558. The van der Waals surface area contributed by atoms with Crippen molar-refractivity contribution in [3.05, 3.63) is 59.1 Å². The van der Waals surface area contributed by atoms with Crippen LogP contribution in [0.25, 0.3) is 11.1 Å². The van der Waals surface area contributed by atoms with Crippen LogP contribution in [-0.4, -0.2) is 30.1 Å². The fourth-order valence-electron chi connectivity index (χ4n) is 3.46. The molecule has 2 aromatic rings. The number of hydrogen-bond donors (Lipinski definition) is 2. The molecule has 2 aromatic carbocycles. The van der Waals surface area contributed by atoms with Gasteiger partial charge in [-0.2, -0.15) is 0 Å². The van der Waals surface area contributed by atoms with Crippen LogP contribution < -0.4 is 11.1 Å². The molecule has 0 aliphatic heterocycles. The number of nitrogens with one attached hydrogen (secondary N) is 1. The lowest BCUT2D eigenvalue weighted by Gasteiger charge is -2.20. The molecular formula is C21H23ClN2O3. The number of carbonyl (C=O) groups excluding carboxylic acids is 2. The van der Waals surface area contributed by atoms with Crippen molar-refractivity contribution in [1.82, 2.24) is 5.32 Å². The molecule has 142 valence electrons. The lowest BCUT2D eigenvalue weighted by Crippen LogP contribution is -2.51. The smallest absolute Gasteiger partial charge is 0.322 e. The van der Waals surface area contributed by atoms with Crippen LogP contribution in [0.2, 0.25) is 5.02 Å². The molecule has 0 heterocycles. The van der Waals surface area contributed by atoms with E-state index < -0.39 is 17.5 Å². The molecule has 5 nitrogen and oxygen atoms in total. The number of rotatable bonds is 7. The van der Waals surface area contributed by atoms with Gasteiger partial charge in [0.2, 0.25) is 5.91 Å². The zero-order chi connectivity index (χ0) is 19.6. The maximum atomic E-state index is 12.1. The van der Waals surface area contributed by atoms with Crippen LogP contribution >= 0.6 is 11.6 Å². The molecule has 0 bridgehead atoms. The number of esters is 1. The van der Waals surface area contributed by atoms with E-state index in [1.165, 1.54) is 0 Å². The molecule has 0 aromatic heterocycles. The molecule has 3 rings (SSSR count). The van der Waals surface area contributed by atoms with Gasteiger partial charge in [0, 0.05) is 10.9 Å². The van der Waals surface area contributed by atoms with Gasteiger partial charge in [-0.25, -0.2) is 0 Å². The largest absolute Gasteiger partial charge is 0.465 e. The molecule has 3 atom stereocenters. The number of ether oxygens (including phenoxy) is 1. The van der Waals surface area contributed by atoms with Crippen LogP contribution in [0.1, 0.15) is 31.7 Å². The first kappa shape index (κ1) is 19.4. The lowest BCUT2D eigenvalue weighted by atomic mass is 10.00. The highest BCUT2D eigenvalue weighted by Gasteiger charge is 2.60. The minimum atomic E-state index is -0.913. The average molecular weight is 387 g/mol. The van der Waals surface area contributed by atoms with Crippen molar-refractivity contribution in [3.8, 4) is 11.1 Å². The summed E-state index contributed by atoms with van der Waals surface area (Å²) < 4.78 is 5.01. The molecule has 27 heavy (non-hydrogen) atoms. The zero-order valence-corrected chi connectivity index (χ0v) is 16.1. The predicted octanol–water partition coefficient (Wildman–Crippen LogP) is 3.26. The van der Waals surface area contributed by atoms with E-state index in [9.17, 15) is 9.59 Å². The summed E-state index contributed by atoms with van der Waals surface area (Å²) in [4.78, 5) is 24.0. The van der Waals surface area contributed by atoms with E-state index in [2.05, 4.69) is 5.32 Å². The predicted molar refractivity (Wildman–Crippen MR) is 105 cm³/mol. The van der Waals surface area contributed by atoms with Crippen LogP contribution in [0.15, 0.2) is 48.5 Å². The molecule has 1 aliphatic carbocycles. The summed E-state index contributed by atoms with van der Waals surface area (Å²) in [5.41, 5.74) is 7.81. The standard InChI is InChI=1S/C21H23ClN2O3/c1-3-27-19(25)13(2)24-21(20(23)26)12-18(21)15-9-7-14(8-10-15)16-5-4-6-17(22)11-16/h4-11,13,18,24H,3,12H2,1-2H3,(H2,23,26)/t13-,18?,21?/m0/s1. The zero-order valence-electron chi connectivity index (χ0n) is 15.4. The molecule has 1 amide bonds. The SMILES string of the molecule is CCOC(=O)[C@H](C)NC1(C(N)=O)CC1c1ccc(-c2cccc(Cl)c2)cc1. The molecule has 2 unspecified atom stereocenters. The van der Waals surface area contributed by atoms with E-state index in [1.54, 1.807) is 13.8 Å². The third kappa shape index (κ3) is 3.99. The Morgan fingerprint density at radius 2 is 1.96 bits per heavy atom. The number of carbonyl (C=O) groups is 2. The molecule has 1 fully saturated rings. The molecule has 6 heteroatoms. The minimum Gasteiger partial charge on any atom is -0.465 e. The monoisotopic (exact) mass is 386 g/mol. The summed E-state index contributed by atoms with van der Waals surface area (Å²) in [7, 11) is 0. The van der Waals surface area contributed by atoms with Crippen molar-refractivity contribution in [3.63, 3.8) is 0 Å². The second-order valence-electron chi connectivity index (χ2n) is 6.84. The van der Waals surface area contributed by atoms with Crippen LogP contribution in [0.5, 0.6) is 0 Å². The molecule has 0 saturated heterocycles. The first-order valence-corrected chi connectivity index (χ1v) is 9.35. The summed E-state index contributed by atoms with van der Waals surface area (Å²) in [5.74, 6) is -0.914. The highest BCUT2D eigenvalue weighted by molar-refractivity contribution is 6.30. The first-order valence-electron chi connectivity index (χ1n) is 8.97. The van der Waals surface area contributed by atoms with E-state index in [-0.39, 0.29) is 11.9 Å². The van der Waals surface area contributed by atoms with Gasteiger partial charge in [0.25, 0.3) is 0 Å². The van der Waals surface area contributed by atoms with Gasteiger partial charge in [-0.15, -0.1) is 0 Å². The quantitative estimate of drug-likeness (QED) is 0.715. The van der Waals surface area contributed by atoms with Gasteiger partial charge in [0.15, 0.2) is 0 Å². The molecule has 1 saturated carbocycles. The maximum absolute atomic E-state index is 12.1. The number of primary amides is 1. The van der Waals surface area contributed by atoms with Gasteiger partial charge in [0.1, 0.15) is 11.6 Å². The summed E-state index contributed by atoms with van der Waals surface area (Å²) in [6.45, 7) is 3.72. The Kier molecular flexibility index (Phi) is 5.53. The summed E-state index contributed by atoms with van der Waals surface area (Å²) in [6, 6.07) is 15.0. The highest BCUT2D eigenvalue weighted by Crippen LogP contribution is 2.51. The molecule has 3 N–H and O–H groups in total. The first-order chi connectivity index (χ1) is 12.9. The lowest BCUT2D eigenvalue weighted by molar-refractivity contribution is -0.145. The van der Waals surface area contributed by atoms with Crippen LogP contribution in [0.4, 0.5) is 0 Å². The van der Waals surface area contributed by atoms with Crippen molar-refractivity contribution in [2.45, 2.75) is 37.8 Å². The number of hydrogen-bond acceptors (Lipinski definition) is 4. The van der Waals surface area contributed by atoms with E-state index in [4.69, 9.17) is 22.1 Å². The fourth-order valence-corrected chi connectivity index (χ4v) is 3.65. The Labute approximate surface area is 163 Å². The second kappa shape index (κ2) is 7.71. The Morgan fingerprint density at radius 3 is 2.56 bits per heavy atom. The Balaban J connectivity index is 1.76. The Bertz CT molecular complexity index is 853.